The number of aliphatic hydroxyl groups excluding tert-OH is 1. The maximum Gasteiger partial charge on any atom is 0.145 e. The monoisotopic (exact) mass is 410 g/mol. The molecule has 1 aliphatic heterocycles. The van der Waals surface area contributed by atoms with Gasteiger partial charge < -0.3 is 44.3 Å². The summed E-state index contributed by atoms with van der Waals surface area (Å²) in [5.41, 5.74) is -7.80. The maximum atomic E-state index is 11.0. The molecule has 9 nitrogen and oxygen atoms in total. The lowest BCUT2D eigenvalue weighted by Crippen LogP contribution is -2.80. The molecule has 0 aromatic rings. The van der Waals surface area contributed by atoms with Gasteiger partial charge in [0.1, 0.15) is 53.1 Å². The zero-order valence-electron chi connectivity index (χ0n) is 12.6. The predicted molar refractivity (Wildman–Crippen MR) is 81.2 cm³/mol. The van der Waals surface area contributed by atoms with E-state index in [1.807, 2.05) is 0 Å². The van der Waals surface area contributed by atoms with Crippen molar-refractivity contribution in [2.24, 2.45) is 0 Å². The van der Waals surface area contributed by atoms with Crippen LogP contribution in [0.4, 0.5) is 0 Å². The van der Waals surface area contributed by atoms with E-state index in [1.54, 1.807) is 0 Å². The molecule has 10 heteroatoms. The van der Waals surface area contributed by atoms with Crippen LogP contribution in [0.3, 0.4) is 0 Å². The number of carbonyl (C=O) groups is 4. The van der Waals surface area contributed by atoms with Crippen LogP contribution in [-0.2, 0) is 23.9 Å². The number of rotatable bonds is 9. The van der Waals surface area contributed by atoms with Crippen LogP contribution in [0.25, 0.3) is 0 Å². The standard InChI is InChI=1S/C14H19BrO9/c15-11-13(22,3-7-18)14(23,4-8-19)12(21,2-6-17)10(24-11)9(20)1-5-16/h5-11,20-23H,1-4H2/t9?,10-,11+,12-,13+,14+/m1/s1. The topological polar surface area (TPSA) is 158 Å². The van der Waals surface area contributed by atoms with Crippen molar-refractivity contribution in [1.82, 2.24) is 0 Å². The Labute approximate surface area is 145 Å². The molecule has 0 spiro atoms. The van der Waals surface area contributed by atoms with Gasteiger partial charge in [-0.3, -0.25) is 0 Å². The Morgan fingerprint density at radius 1 is 0.917 bits per heavy atom. The molecule has 1 heterocycles. The molecule has 1 unspecified atom stereocenters. The molecule has 0 aromatic carbocycles. The SMILES string of the molecule is O=CCC(O)[C@H]1O[C@H](Br)[C@@](O)(CC=O)[C@](O)(CC=O)[C@@]1(O)CC=O. The number of carbonyl (C=O) groups excluding carboxylic acids is 4. The quantitative estimate of drug-likeness (QED) is 0.249. The maximum absolute atomic E-state index is 11.0. The minimum Gasteiger partial charge on any atom is -0.390 e. The van der Waals surface area contributed by atoms with Gasteiger partial charge in [0.25, 0.3) is 0 Å². The molecule has 136 valence electrons. The van der Waals surface area contributed by atoms with Crippen LogP contribution in [-0.4, -0.2) is 79.6 Å². The lowest BCUT2D eigenvalue weighted by atomic mass is 9.62. The summed E-state index contributed by atoms with van der Waals surface area (Å²) in [7, 11) is 0. The summed E-state index contributed by atoms with van der Waals surface area (Å²) in [4.78, 5) is 43.6. The first-order valence-corrected chi connectivity index (χ1v) is 7.99. The highest BCUT2D eigenvalue weighted by Gasteiger charge is 2.71. The fourth-order valence-electron chi connectivity index (χ4n) is 3.06. The van der Waals surface area contributed by atoms with Crippen molar-refractivity contribution in [1.29, 1.82) is 0 Å². The van der Waals surface area contributed by atoms with Gasteiger partial charge in [-0.25, -0.2) is 0 Å². The molecule has 0 aliphatic carbocycles. The van der Waals surface area contributed by atoms with E-state index in [4.69, 9.17) is 4.74 Å². The fourth-order valence-corrected chi connectivity index (χ4v) is 3.86. The highest BCUT2D eigenvalue weighted by Crippen LogP contribution is 2.51. The molecular formula is C14H19BrO9. The summed E-state index contributed by atoms with van der Waals surface area (Å²) < 4.78 is 5.29. The lowest BCUT2D eigenvalue weighted by molar-refractivity contribution is -0.345. The van der Waals surface area contributed by atoms with Gasteiger partial charge >= 0.3 is 0 Å². The van der Waals surface area contributed by atoms with Gasteiger partial charge in [0, 0.05) is 25.7 Å². The van der Waals surface area contributed by atoms with Crippen LogP contribution in [0.1, 0.15) is 25.7 Å². The van der Waals surface area contributed by atoms with Crippen molar-refractivity contribution in [2.75, 3.05) is 0 Å². The molecule has 1 saturated heterocycles. The second kappa shape index (κ2) is 7.89. The van der Waals surface area contributed by atoms with Gasteiger partial charge in [-0.2, -0.15) is 0 Å². The molecule has 0 bridgehead atoms. The summed E-state index contributed by atoms with van der Waals surface area (Å²) in [5.74, 6) is 0. The van der Waals surface area contributed by atoms with Crippen molar-refractivity contribution in [3.63, 3.8) is 0 Å². The summed E-state index contributed by atoms with van der Waals surface area (Å²) in [5, 5.41) is 41.2. The lowest BCUT2D eigenvalue weighted by Gasteiger charge is -2.59. The number of ether oxygens (including phenoxy) is 1. The van der Waals surface area contributed by atoms with Crippen molar-refractivity contribution in [3.8, 4) is 0 Å². The first-order valence-electron chi connectivity index (χ1n) is 7.07. The minimum atomic E-state index is -2.70. The zero-order chi connectivity index (χ0) is 18.6. The van der Waals surface area contributed by atoms with Gasteiger partial charge in [-0.1, -0.05) is 15.9 Å². The van der Waals surface area contributed by atoms with Crippen LogP contribution < -0.4 is 0 Å². The van der Waals surface area contributed by atoms with Crippen molar-refractivity contribution < 1.29 is 44.3 Å². The van der Waals surface area contributed by atoms with E-state index < -0.39 is 59.7 Å². The van der Waals surface area contributed by atoms with Gasteiger partial charge in [-0.15, -0.1) is 0 Å². The Bertz CT molecular complexity index is 501. The highest BCUT2D eigenvalue weighted by atomic mass is 79.9. The van der Waals surface area contributed by atoms with Crippen LogP contribution >= 0.6 is 15.9 Å². The average molecular weight is 411 g/mol. The number of hydrogen-bond donors (Lipinski definition) is 4. The van der Waals surface area contributed by atoms with E-state index in [1.165, 1.54) is 0 Å². The Balaban J connectivity index is 3.56. The molecule has 24 heavy (non-hydrogen) atoms. The summed E-state index contributed by atoms with van der Waals surface area (Å²) >= 11 is 2.91. The Morgan fingerprint density at radius 2 is 1.42 bits per heavy atom. The highest BCUT2D eigenvalue weighted by molar-refractivity contribution is 9.09. The summed E-state index contributed by atoms with van der Waals surface area (Å²) in [6.45, 7) is 0. The van der Waals surface area contributed by atoms with Crippen molar-refractivity contribution in [3.05, 3.63) is 0 Å². The molecule has 0 aromatic heterocycles. The van der Waals surface area contributed by atoms with E-state index in [-0.39, 0.29) is 18.9 Å². The number of hydrogen-bond acceptors (Lipinski definition) is 9. The third-order valence-electron chi connectivity index (χ3n) is 4.40. The molecule has 4 N–H and O–H groups in total. The van der Waals surface area contributed by atoms with Gasteiger partial charge in [0.15, 0.2) is 0 Å². The molecule has 1 rings (SSSR count). The molecule has 0 radical (unpaired) electrons. The molecule has 0 amide bonds. The number of alkyl halides is 1. The zero-order valence-corrected chi connectivity index (χ0v) is 14.2. The Morgan fingerprint density at radius 3 is 1.88 bits per heavy atom. The van der Waals surface area contributed by atoms with E-state index in [9.17, 15) is 39.6 Å². The van der Waals surface area contributed by atoms with Crippen molar-refractivity contribution >= 4 is 41.1 Å². The predicted octanol–water partition coefficient (Wildman–Crippen LogP) is -1.98. The average Bonchev–Trinajstić information content (AvgIpc) is 2.51. The van der Waals surface area contributed by atoms with E-state index in [2.05, 4.69) is 15.9 Å². The van der Waals surface area contributed by atoms with Crippen molar-refractivity contribution in [2.45, 2.75) is 59.7 Å². The number of halogens is 1. The van der Waals surface area contributed by atoms with Crippen LogP contribution in [0.15, 0.2) is 0 Å². The molecule has 0 saturated carbocycles. The largest absolute Gasteiger partial charge is 0.390 e. The normalized spacial score (nSPS) is 40.5. The van der Waals surface area contributed by atoms with E-state index in [0.29, 0.717) is 6.29 Å². The molecule has 6 atom stereocenters. The van der Waals surface area contributed by atoms with E-state index in [0.717, 1.165) is 0 Å². The number of aliphatic hydroxyl groups is 4. The molecule has 1 fully saturated rings. The third-order valence-corrected chi connectivity index (χ3v) is 5.37. The van der Waals surface area contributed by atoms with Crippen LogP contribution in [0.2, 0.25) is 0 Å². The second-order valence-corrected chi connectivity index (χ2v) is 6.50. The van der Waals surface area contributed by atoms with Gasteiger partial charge in [0.05, 0.1) is 6.10 Å². The van der Waals surface area contributed by atoms with Crippen LogP contribution in [0.5, 0.6) is 0 Å². The number of aldehydes is 4. The van der Waals surface area contributed by atoms with Crippen LogP contribution in [0, 0.1) is 0 Å². The smallest absolute Gasteiger partial charge is 0.145 e. The molecule has 1 aliphatic rings. The summed E-state index contributed by atoms with van der Waals surface area (Å²) in [6, 6.07) is 0. The van der Waals surface area contributed by atoms with E-state index >= 15 is 0 Å². The molecular weight excluding hydrogens is 392 g/mol. The Hall–Kier alpha value is -1.04. The first kappa shape index (κ1) is 21.0. The minimum absolute atomic E-state index is 0.194. The van der Waals surface area contributed by atoms with Gasteiger partial charge in [-0.05, 0) is 0 Å². The second-order valence-electron chi connectivity index (χ2n) is 5.66. The summed E-state index contributed by atoms with van der Waals surface area (Å²) in [6.07, 6.45) is -5.23. The fraction of sp³-hybridized carbons (Fsp3) is 0.714. The van der Waals surface area contributed by atoms with Gasteiger partial charge in [0.2, 0.25) is 0 Å². The third kappa shape index (κ3) is 3.09. The first-order chi connectivity index (χ1) is 11.2. The Kier molecular flexibility index (Phi) is 6.91.